The third-order valence-corrected chi connectivity index (χ3v) is 2.15. The van der Waals surface area contributed by atoms with Gasteiger partial charge in [0.15, 0.2) is 0 Å². The van der Waals surface area contributed by atoms with Crippen LogP contribution in [-0.4, -0.2) is 45.7 Å². The summed E-state index contributed by atoms with van der Waals surface area (Å²) in [5, 5.41) is 27.4. The van der Waals surface area contributed by atoms with Gasteiger partial charge >= 0.3 is 0 Å². The number of hydrogen-bond donors (Lipinski definition) is 5. The Morgan fingerprint density at radius 2 is 1.55 bits per heavy atom. The Hall–Kier alpha value is -0.200. The van der Waals surface area contributed by atoms with Crippen molar-refractivity contribution in [2.24, 2.45) is 11.5 Å². The summed E-state index contributed by atoms with van der Waals surface area (Å²) in [5.74, 6) is 0. The molecule has 0 spiro atoms. The Morgan fingerprint density at radius 3 is 2.09 bits per heavy atom. The van der Waals surface area contributed by atoms with Crippen LogP contribution in [0.5, 0.6) is 0 Å². The van der Waals surface area contributed by atoms with Crippen LogP contribution in [0.3, 0.4) is 0 Å². The van der Waals surface area contributed by atoms with Gasteiger partial charge in [0.2, 0.25) is 0 Å². The Kier molecular flexibility index (Phi) is 2.46. The molecule has 0 bridgehead atoms. The highest BCUT2D eigenvalue weighted by Gasteiger charge is 2.38. The standard InChI is InChI=1S/C6H14N2O3/c7-2-1-3(9)5(10)6(11)4(2)8/h2-6,9-11H,1,7-8H2. The lowest BCUT2D eigenvalue weighted by molar-refractivity contribution is -0.0976. The van der Waals surface area contributed by atoms with Gasteiger partial charge in [0.1, 0.15) is 6.10 Å². The summed E-state index contributed by atoms with van der Waals surface area (Å²) >= 11 is 0. The van der Waals surface area contributed by atoms with Crippen molar-refractivity contribution in [1.29, 1.82) is 0 Å². The summed E-state index contributed by atoms with van der Waals surface area (Å²) in [6.45, 7) is 0. The molecule has 0 heterocycles. The number of aliphatic hydroxyl groups excluding tert-OH is 3. The zero-order chi connectivity index (χ0) is 8.59. The third-order valence-electron chi connectivity index (χ3n) is 2.15. The minimum absolute atomic E-state index is 0.236. The van der Waals surface area contributed by atoms with Gasteiger partial charge in [-0.3, -0.25) is 0 Å². The fourth-order valence-electron chi connectivity index (χ4n) is 1.28. The average molecular weight is 162 g/mol. The second-order valence-electron chi connectivity index (χ2n) is 3.03. The van der Waals surface area contributed by atoms with Crippen LogP contribution in [0.1, 0.15) is 6.42 Å². The van der Waals surface area contributed by atoms with Crippen molar-refractivity contribution >= 4 is 0 Å². The van der Waals surface area contributed by atoms with Gasteiger partial charge < -0.3 is 26.8 Å². The molecule has 0 radical (unpaired) electrons. The largest absolute Gasteiger partial charge is 0.390 e. The minimum atomic E-state index is -1.16. The molecule has 0 aliphatic heterocycles. The molecule has 1 rings (SSSR count). The molecule has 5 heteroatoms. The van der Waals surface area contributed by atoms with Gasteiger partial charge in [-0.2, -0.15) is 0 Å². The van der Waals surface area contributed by atoms with Crippen molar-refractivity contribution in [2.75, 3.05) is 0 Å². The Balaban J connectivity index is 2.63. The lowest BCUT2D eigenvalue weighted by Gasteiger charge is -2.37. The van der Waals surface area contributed by atoms with Gasteiger partial charge in [-0.05, 0) is 6.42 Å². The summed E-state index contributed by atoms with van der Waals surface area (Å²) in [7, 11) is 0. The smallest absolute Gasteiger partial charge is 0.107 e. The first kappa shape index (κ1) is 8.89. The summed E-state index contributed by atoms with van der Waals surface area (Å²) in [6.07, 6.45) is -3.00. The molecule has 1 aliphatic carbocycles. The van der Waals surface area contributed by atoms with E-state index in [9.17, 15) is 5.11 Å². The van der Waals surface area contributed by atoms with Crippen molar-refractivity contribution in [2.45, 2.75) is 36.8 Å². The summed E-state index contributed by atoms with van der Waals surface area (Å²) in [6, 6.07) is -1.09. The molecule has 0 amide bonds. The molecule has 5 atom stereocenters. The van der Waals surface area contributed by atoms with E-state index in [0.717, 1.165) is 0 Å². The van der Waals surface area contributed by atoms with Crippen LogP contribution >= 0.6 is 0 Å². The van der Waals surface area contributed by atoms with E-state index in [4.69, 9.17) is 21.7 Å². The molecule has 0 aromatic rings. The predicted octanol–water partition coefficient (Wildman–Crippen LogP) is -2.87. The Morgan fingerprint density at radius 1 is 1.00 bits per heavy atom. The quantitative estimate of drug-likeness (QED) is 0.263. The first-order valence-corrected chi connectivity index (χ1v) is 3.59. The Labute approximate surface area is 64.6 Å². The molecule has 0 saturated heterocycles. The Bertz CT molecular complexity index is 130. The minimum Gasteiger partial charge on any atom is -0.390 e. The molecule has 1 saturated carbocycles. The normalized spacial score (nSPS) is 52.6. The van der Waals surface area contributed by atoms with Crippen molar-refractivity contribution < 1.29 is 15.3 Å². The first-order valence-electron chi connectivity index (χ1n) is 3.59. The van der Waals surface area contributed by atoms with Crippen LogP contribution in [0.15, 0.2) is 0 Å². The fourth-order valence-corrected chi connectivity index (χ4v) is 1.28. The monoisotopic (exact) mass is 162 g/mol. The van der Waals surface area contributed by atoms with Gasteiger partial charge in [-0.25, -0.2) is 0 Å². The molecule has 0 aromatic heterocycles. The van der Waals surface area contributed by atoms with E-state index < -0.39 is 30.4 Å². The summed E-state index contributed by atoms with van der Waals surface area (Å²) in [4.78, 5) is 0. The average Bonchev–Trinajstić information content (AvgIpc) is 1.97. The molecule has 11 heavy (non-hydrogen) atoms. The van der Waals surface area contributed by atoms with E-state index in [1.165, 1.54) is 0 Å². The zero-order valence-electron chi connectivity index (χ0n) is 6.09. The highest BCUT2D eigenvalue weighted by Crippen LogP contribution is 2.17. The van der Waals surface area contributed by atoms with E-state index in [0.29, 0.717) is 0 Å². The number of aliphatic hydroxyl groups is 3. The topological polar surface area (TPSA) is 113 Å². The first-order chi connectivity index (χ1) is 5.04. The highest BCUT2D eigenvalue weighted by atomic mass is 16.4. The zero-order valence-corrected chi connectivity index (χ0v) is 6.09. The summed E-state index contributed by atoms with van der Waals surface area (Å²) < 4.78 is 0. The molecule has 7 N–H and O–H groups in total. The predicted molar refractivity (Wildman–Crippen MR) is 38.6 cm³/mol. The van der Waals surface area contributed by atoms with Crippen molar-refractivity contribution in [3.63, 3.8) is 0 Å². The lowest BCUT2D eigenvalue weighted by atomic mass is 9.85. The second kappa shape index (κ2) is 3.04. The molecular weight excluding hydrogens is 148 g/mol. The van der Waals surface area contributed by atoms with Crippen LogP contribution in [-0.2, 0) is 0 Å². The van der Waals surface area contributed by atoms with E-state index in [1.54, 1.807) is 0 Å². The van der Waals surface area contributed by atoms with Crippen LogP contribution < -0.4 is 11.5 Å². The fraction of sp³-hybridized carbons (Fsp3) is 1.00. The molecule has 1 fully saturated rings. The summed E-state index contributed by atoms with van der Waals surface area (Å²) in [5.41, 5.74) is 10.9. The third kappa shape index (κ3) is 1.52. The number of nitrogens with two attached hydrogens (primary N) is 2. The van der Waals surface area contributed by atoms with Gasteiger partial charge in [-0.1, -0.05) is 0 Å². The molecule has 5 nitrogen and oxygen atoms in total. The maximum absolute atomic E-state index is 9.17. The molecule has 66 valence electrons. The van der Waals surface area contributed by atoms with Gasteiger partial charge in [-0.15, -0.1) is 0 Å². The molecule has 5 unspecified atom stereocenters. The highest BCUT2D eigenvalue weighted by molar-refractivity contribution is 4.96. The van der Waals surface area contributed by atoms with Crippen molar-refractivity contribution in [3.05, 3.63) is 0 Å². The number of hydrogen-bond acceptors (Lipinski definition) is 5. The maximum Gasteiger partial charge on any atom is 0.107 e. The van der Waals surface area contributed by atoms with Gasteiger partial charge in [0.05, 0.1) is 12.2 Å². The number of rotatable bonds is 0. The van der Waals surface area contributed by atoms with Crippen LogP contribution in [0.2, 0.25) is 0 Å². The van der Waals surface area contributed by atoms with E-state index in [2.05, 4.69) is 0 Å². The molecule has 1 aliphatic rings. The van der Waals surface area contributed by atoms with E-state index in [-0.39, 0.29) is 6.42 Å². The van der Waals surface area contributed by atoms with Crippen LogP contribution in [0.4, 0.5) is 0 Å². The van der Waals surface area contributed by atoms with Crippen LogP contribution in [0.25, 0.3) is 0 Å². The van der Waals surface area contributed by atoms with Crippen molar-refractivity contribution in [1.82, 2.24) is 0 Å². The van der Waals surface area contributed by atoms with Gasteiger partial charge in [0, 0.05) is 12.1 Å². The molecule has 0 aromatic carbocycles. The SMILES string of the molecule is NC1CC(O)C(O)C(O)C1N. The lowest BCUT2D eigenvalue weighted by Crippen LogP contribution is -2.62. The van der Waals surface area contributed by atoms with Gasteiger partial charge in [0.25, 0.3) is 0 Å². The maximum atomic E-state index is 9.17. The van der Waals surface area contributed by atoms with Crippen LogP contribution in [0, 0.1) is 0 Å². The van der Waals surface area contributed by atoms with Crippen molar-refractivity contribution in [3.8, 4) is 0 Å². The van der Waals surface area contributed by atoms with E-state index in [1.807, 2.05) is 0 Å². The molecular formula is C6H14N2O3. The second-order valence-corrected chi connectivity index (χ2v) is 3.03. The van der Waals surface area contributed by atoms with E-state index >= 15 is 0 Å².